The number of rotatable bonds is 2. The Morgan fingerprint density at radius 2 is 1.92 bits per heavy atom. The van der Waals surface area contributed by atoms with Crippen LogP contribution in [-0.2, 0) is 4.74 Å². The lowest BCUT2D eigenvalue weighted by Crippen LogP contribution is -2.53. The summed E-state index contributed by atoms with van der Waals surface area (Å²) in [5.41, 5.74) is -0.330. The van der Waals surface area contributed by atoms with Gasteiger partial charge in [-0.2, -0.15) is 5.26 Å². The third-order valence-corrected chi connectivity index (χ3v) is 3.02. The molecule has 0 aromatic heterocycles. The molecule has 1 aliphatic rings. The fourth-order valence-corrected chi connectivity index (χ4v) is 1.59. The van der Waals surface area contributed by atoms with Crippen LogP contribution in [0.3, 0.4) is 0 Å². The van der Waals surface area contributed by atoms with Gasteiger partial charge in [0.25, 0.3) is 0 Å². The molecule has 0 aromatic rings. The average Bonchev–Trinajstić information content (AvgIpc) is 2.17. The molecule has 3 nitrogen and oxygen atoms in total. The van der Waals surface area contributed by atoms with Crippen LogP contribution >= 0.6 is 0 Å². The molecule has 1 atom stereocenters. The van der Waals surface area contributed by atoms with Gasteiger partial charge in [0.2, 0.25) is 0 Å². The van der Waals surface area contributed by atoms with E-state index in [1.54, 1.807) is 0 Å². The van der Waals surface area contributed by atoms with E-state index in [0.29, 0.717) is 5.92 Å². The smallest absolute Gasteiger partial charge is 0.108 e. The molecule has 0 aromatic carbocycles. The minimum absolute atomic E-state index is 0.330. The van der Waals surface area contributed by atoms with E-state index in [1.165, 1.54) is 0 Å². The molecule has 0 spiro atoms. The maximum atomic E-state index is 9.18. The highest BCUT2D eigenvalue weighted by Crippen LogP contribution is 2.24. The molecule has 3 heteroatoms. The van der Waals surface area contributed by atoms with Crippen LogP contribution in [0.5, 0.6) is 0 Å². The zero-order chi connectivity index (χ0) is 9.90. The van der Waals surface area contributed by atoms with E-state index in [-0.39, 0.29) is 5.54 Å². The second kappa shape index (κ2) is 4.08. The molecule has 1 heterocycles. The van der Waals surface area contributed by atoms with Crippen LogP contribution in [0.2, 0.25) is 0 Å². The van der Waals surface area contributed by atoms with E-state index in [9.17, 15) is 5.26 Å². The number of hydrogen-bond donors (Lipinski definition) is 0. The van der Waals surface area contributed by atoms with Crippen molar-refractivity contribution in [2.24, 2.45) is 5.92 Å². The van der Waals surface area contributed by atoms with E-state index in [1.807, 2.05) is 6.92 Å². The molecule has 0 aliphatic carbocycles. The van der Waals surface area contributed by atoms with Crippen molar-refractivity contribution >= 4 is 0 Å². The Hall–Kier alpha value is -0.590. The summed E-state index contributed by atoms with van der Waals surface area (Å²) in [6.45, 7) is 9.47. The van der Waals surface area contributed by atoms with Gasteiger partial charge in [-0.3, -0.25) is 4.90 Å². The first-order chi connectivity index (χ1) is 6.11. The highest BCUT2D eigenvalue weighted by atomic mass is 16.5. The van der Waals surface area contributed by atoms with Gasteiger partial charge in [-0.05, 0) is 12.8 Å². The summed E-state index contributed by atoms with van der Waals surface area (Å²) in [5, 5.41) is 9.18. The highest BCUT2D eigenvalue weighted by molar-refractivity contribution is 5.07. The summed E-state index contributed by atoms with van der Waals surface area (Å²) >= 11 is 0. The fraction of sp³-hybridized carbons (Fsp3) is 0.900. The molecule has 74 valence electrons. The first-order valence-electron chi connectivity index (χ1n) is 4.85. The van der Waals surface area contributed by atoms with Crippen LogP contribution in [0.1, 0.15) is 20.8 Å². The van der Waals surface area contributed by atoms with E-state index in [2.05, 4.69) is 24.8 Å². The fourth-order valence-electron chi connectivity index (χ4n) is 1.59. The van der Waals surface area contributed by atoms with E-state index in [4.69, 9.17) is 4.74 Å². The standard InChI is InChI=1S/C10H18N2O/c1-9(2)10(3,8-11)12-4-6-13-7-5-12/h9H,4-7H2,1-3H3. The monoisotopic (exact) mass is 182 g/mol. The van der Waals surface area contributed by atoms with Gasteiger partial charge in [-0.15, -0.1) is 0 Å². The van der Waals surface area contributed by atoms with Crippen molar-refractivity contribution in [3.63, 3.8) is 0 Å². The van der Waals surface area contributed by atoms with E-state index < -0.39 is 0 Å². The van der Waals surface area contributed by atoms with Crippen LogP contribution in [-0.4, -0.2) is 36.7 Å². The normalized spacial score (nSPS) is 23.9. The van der Waals surface area contributed by atoms with Crippen LogP contribution in [0.15, 0.2) is 0 Å². The van der Waals surface area contributed by atoms with Crippen molar-refractivity contribution in [2.45, 2.75) is 26.3 Å². The van der Waals surface area contributed by atoms with Crippen LogP contribution in [0.25, 0.3) is 0 Å². The predicted molar refractivity (Wildman–Crippen MR) is 51.2 cm³/mol. The Kier molecular flexibility index (Phi) is 3.29. The van der Waals surface area contributed by atoms with Crippen LogP contribution < -0.4 is 0 Å². The molecule has 1 rings (SSSR count). The van der Waals surface area contributed by atoms with Crippen molar-refractivity contribution in [3.8, 4) is 6.07 Å². The molecule has 0 amide bonds. The van der Waals surface area contributed by atoms with Gasteiger partial charge in [0.15, 0.2) is 0 Å². The topological polar surface area (TPSA) is 36.3 Å². The minimum atomic E-state index is -0.330. The van der Waals surface area contributed by atoms with Crippen molar-refractivity contribution in [1.29, 1.82) is 5.26 Å². The molecule has 0 N–H and O–H groups in total. The summed E-state index contributed by atoms with van der Waals surface area (Å²) in [5.74, 6) is 0.357. The first kappa shape index (κ1) is 10.5. The molecule has 0 saturated carbocycles. The Labute approximate surface area is 80.3 Å². The summed E-state index contributed by atoms with van der Waals surface area (Å²) in [7, 11) is 0. The molecular weight excluding hydrogens is 164 g/mol. The molecule has 1 unspecified atom stereocenters. The van der Waals surface area contributed by atoms with Gasteiger partial charge in [0.1, 0.15) is 5.54 Å². The summed E-state index contributed by atoms with van der Waals surface area (Å²) in [6, 6.07) is 2.42. The second-order valence-corrected chi connectivity index (χ2v) is 4.01. The van der Waals surface area contributed by atoms with Gasteiger partial charge < -0.3 is 4.74 Å². The van der Waals surface area contributed by atoms with Gasteiger partial charge in [0.05, 0.1) is 19.3 Å². The maximum Gasteiger partial charge on any atom is 0.108 e. The summed E-state index contributed by atoms with van der Waals surface area (Å²) in [4.78, 5) is 2.22. The quantitative estimate of drug-likeness (QED) is 0.645. The average molecular weight is 182 g/mol. The molecule has 13 heavy (non-hydrogen) atoms. The molecule has 1 aliphatic heterocycles. The van der Waals surface area contributed by atoms with Crippen LogP contribution in [0, 0.1) is 17.2 Å². The third-order valence-electron chi connectivity index (χ3n) is 3.02. The summed E-state index contributed by atoms with van der Waals surface area (Å²) in [6.07, 6.45) is 0. The van der Waals surface area contributed by atoms with Crippen LogP contribution in [0.4, 0.5) is 0 Å². The van der Waals surface area contributed by atoms with Gasteiger partial charge >= 0.3 is 0 Å². The third kappa shape index (κ3) is 2.01. The zero-order valence-corrected chi connectivity index (χ0v) is 8.71. The second-order valence-electron chi connectivity index (χ2n) is 4.01. The predicted octanol–water partition coefficient (Wildman–Crippen LogP) is 1.26. The van der Waals surface area contributed by atoms with Gasteiger partial charge in [-0.1, -0.05) is 13.8 Å². The first-order valence-corrected chi connectivity index (χ1v) is 4.85. The lowest BCUT2D eigenvalue weighted by Gasteiger charge is -2.40. The lowest BCUT2D eigenvalue weighted by molar-refractivity contribution is -0.0117. The molecule has 1 saturated heterocycles. The van der Waals surface area contributed by atoms with Crippen molar-refractivity contribution in [2.75, 3.05) is 26.3 Å². The largest absolute Gasteiger partial charge is 0.379 e. The number of hydrogen-bond acceptors (Lipinski definition) is 3. The molecule has 0 bridgehead atoms. The molecule has 0 radical (unpaired) electrons. The minimum Gasteiger partial charge on any atom is -0.379 e. The summed E-state index contributed by atoms with van der Waals surface area (Å²) < 4.78 is 5.27. The Bertz CT molecular complexity index is 203. The lowest BCUT2D eigenvalue weighted by atomic mass is 9.88. The Morgan fingerprint density at radius 3 is 2.31 bits per heavy atom. The van der Waals surface area contributed by atoms with Gasteiger partial charge in [-0.25, -0.2) is 0 Å². The van der Waals surface area contributed by atoms with Gasteiger partial charge in [0, 0.05) is 13.1 Å². The number of morpholine rings is 1. The van der Waals surface area contributed by atoms with Crippen molar-refractivity contribution in [3.05, 3.63) is 0 Å². The SMILES string of the molecule is CC(C)C(C)(C#N)N1CCOCC1. The van der Waals surface area contributed by atoms with Crippen molar-refractivity contribution in [1.82, 2.24) is 4.90 Å². The zero-order valence-electron chi connectivity index (χ0n) is 8.71. The highest BCUT2D eigenvalue weighted by Gasteiger charge is 2.35. The number of nitrogens with zero attached hydrogens (tertiary/aromatic N) is 2. The van der Waals surface area contributed by atoms with E-state index >= 15 is 0 Å². The number of nitriles is 1. The van der Waals surface area contributed by atoms with Crippen molar-refractivity contribution < 1.29 is 4.74 Å². The van der Waals surface area contributed by atoms with E-state index in [0.717, 1.165) is 26.3 Å². The maximum absolute atomic E-state index is 9.18. The Morgan fingerprint density at radius 1 is 1.38 bits per heavy atom. The number of ether oxygens (including phenoxy) is 1. The Balaban J connectivity index is 2.70. The molecule has 1 fully saturated rings. The molecular formula is C10H18N2O.